The lowest BCUT2D eigenvalue weighted by Gasteiger charge is -2.26. The molecule has 1 aromatic rings. The van der Waals surface area contributed by atoms with Crippen molar-refractivity contribution in [3.8, 4) is 0 Å². The fourth-order valence-corrected chi connectivity index (χ4v) is 3.26. The molecular weight excluding hydrogens is 251 g/mol. The Kier molecular flexibility index (Phi) is 5.96. The topological polar surface area (TPSA) is 24.9 Å². The fraction of sp³-hybridized carbons (Fsp3) is 0.706. The lowest BCUT2D eigenvalue weighted by atomic mass is 9.83. The highest BCUT2D eigenvalue weighted by Crippen LogP contribution is 2.36. The molecule has 1 aromatic heterocycles. The van der Waals surface area contributed by atoms with Gasteiger partial charge in [-0.1, -0.05) is 33.1 Å². The van der Waals surface area contributed by atoms with Crippen LogP contribution < -0.4 is 5.32 Å². The van der Waals surface area contributed by atoms with Crippen LogP contribution in [0.1, 0.15) is 57.4 Å². The molecule has 2 nitrogen and oxygen atoms in total. The summed E-state index contributed by atoms with van der Waals surface area (Å²) < 4.78 is 13.4. The molecule has 0 saturated heterocycles. The summed E-state index contributed by atoms with van der Waals surface area (Å²) in [6.45, 7) is 6.56. The Balaban J connectivity index is 2.04. The number of pyridine rings is 1. The number of rotatable bonds is 5. The summed E-state index contributed by atoms with van der Waals surface area (Å²) >= 11 is 0. The van der Waals surface area contributed by atoms with Gasteiger partial charge < -0.3 is 5.32 Å². The summed E-state index contributed by atoms with van der Waals surface area (Å²) in [6.07, 6.45) is 9.42. The summed E-state index contributed by atoms with van der Waals surface area (Å²) in [4.78, 5) is 4.04. The van der Waals surface area contributed by atoms with E-state index in [1.165, 1.54) is 38.3 Å². The fourth-order valence-electron chi connectivity index (χ4n) is 3.26. The lowest BCUT2D eigenvalue weighted by Crippen LogP contribution is -2.29. The summed E-state index contributed by atoms with van der Waals surface area (Å²) in [5.41, 5.74) is 1.09. The quantitative estimate of drug-likeness (QED) is 0.819. The number of hydrogen-bond acceptors (Lipinski definition) is 2. The summed E-state index contributed by atoms with van der Waals surface area (Å²) in [5, 5.41) is 3.58. The Morgan fingerprint density at radius 3 is 2.80 bits per heavy atom. The highest BCUT2D eigenvalue weighted by atomic mass is 19.1. The first kappa shape index (κ1) is 15.4. The van der Waals surface area contributed by atoms with E-state index >= 15 is 0 Å². The van der Waals surface area contributed by atoms with Crippen LogP contribution in [0.3, 0.4) is 0 Å². The molecule has 20 heavy (non-hydrogen) atoms. The molecule has 2 unspecified atom stereocenters. The molecule has 1 aliphatic carbocycles. The first-order chi connectivity index (χ1) is 9.66. The maximum atomic E-state index is 13.4. The normalized spacial score (nSPS) is 23.8. The third-order valence-corrected chi connectivity index (χ3v) is 4.27. The van der Waals surface area contributed by atoms with Crippen LogP contribution in [0.15, 0.2) is 18.5 Å². The molecule has 2 atom stereocenters. The maximum Gasteiger partial charge on any atom is 0.141 e. The molecule has 0 spiro atoms. The summed E-state index contributed by atoms with van der Waals surface area (Å²) in [6, 6.07) is 1.68. The first-order valence-electron chi connectivity index (χ1n) is 7.98. The Morgan fingerprint density at radius 1 is 1.25 bits per heavy atom. The van der Waals surface area contributed by atoms with Gasteiger partial charge in [-0.2, -0.15) is 0 Å². The van der Waals surface area contributed by atoms with Gasteiger partial charge in [-0.3, -0.25) is 4.98 Å². The highest BCUT2D eigenvalue weighted by molar-refractivity contribution is 5.17. The molecule has 0 radical (unpaired) electrons. The average molecular weight is 278 g/mol. The molecule has 0 aliphatic heterocycles. The van der Waals surface area contributed by atoms with Gasteiger partial charge in [-0.25, -0.2) is 4.39 Å². The van der Waals surface area contributed by atoms with Crippen LogP contribution in [0.2, 0.25) is 0 Å². The number of hydrogen-bond donors (Lipinski definition) is 1. The van der Waals surface area contributed by atoms with Crippen molar-refractivity contribution in [3.63, 3.8) is 0 Å². The van der Waals surface area contributed by atoms with Crippen LogP contribution in [-0.2, 0) is 0 Å². The van der Waals surface area contributed by atoms with Crippen LogP contribution in [0, 0.1) is 17.7 Å². The standard InChI is InChI=1S/C17H27FN2/c1-13(2)9-19-10-14-6-4-3-5-7-17(14)15-8-16(18)12-20-11-15/h8,11-14,17,19H,3-7,9-10H2,1-2H3. The van der Waals surface area contributed by atoms with E-state index in [1.807, 2.05) is 6.20 Å². The second kappa shape index (κ2) is 7.72. The third-order valence-electron chi connectivity index (χ3n) is 4.27. The minimum atomic E-state index is -0.208. The van der Waals surface area contributed by atoms with Gasteiger partial charge in [-0.05, 0) is 55.3 Å². The van der Waals surface area contributed by atoms with E-state index in [0.717, 1.165) is 18.7 Å². The minimum absolute atomic E-state index is 0.208. The molecule has 112 valence electrons. The molecule has 1 saturated carbocycles. The van der Waals surface area contributed by atoms with Gasteiger partial charge >= 0.3 is 0 Å². The molecule has 1 fully saturated rings. The molecule has 0 amide bonds. The van der Waals surface area contributed by atoms with Crippen molar-refractivity contribution >= 4 is 0 Å². The molecule has 0 aromatic carbocycles. The van der Waals surface area contributed by atoms with Crippen molar-refractivity contribution in [2.24, 2.45) is 11.8 Å². The van der Waals surface area contributed by atoms with E-state index in [2.05, 4.69) is 24.1 Å². The van der Waals surface area contributed by atoms with Crippen molar-refractivity contribution in [3.05, 3.63) is 29.8 Å². The van der Waals surface area contributed by atoms with Crippen LogP contribution >= 0.6 is 0 Å². The lowest BCUT2D eigenvalue weighted by molar-refractivity contribution is 0.365. The average Bonchev–Trinajstić information content (AvgIpc) is 2.64. The predicted octanol–water partition coefficient (Wildman–Crippen LogP) is 4.13. The highest BCUT2D eigenvalue weighted by Gasteiger charge is 2.25. The van der Waals surface area contributed by atoms with Gasteiger partial charge in [-0.15, -0.1) is 0 Å². The molecule has 1 aliphatic rings. The van der Waals surface area contributed by atoms with Crippen LogP contribution in [0.5, 0.6) is 0 Å². The van der Waals surface area contributed by atoms with E-state index in [1.54, 1.807) is 6.07 Å². The number of nitrogens with one attached hydrogen (secondary N) is 1. The second-order valence-corrected chi connectivity index (χ2v) is 6.49. The number of halogens is 1. The molecule has 1 N–H and O–H groups in total. The smallest absolute Gasteiger partial charge is 0.141 e. The van der Waals surface area contributed by atoms with Crippen molar-refractivity contribution < 1.29 is 4.39 Å². The Hall–Kier alpha value is -0.960. The van der Waals surface area contributed by atoms with E-state index in [9.17, 15) is 4.39 Å². The summed E-state index contributed by atoms with van der Waals surface area (Å²) in [5.74, 6) is 1.54. The van der Waals surface area contributed by atoms with E-state index < -0.39 is 0 Å². The van der Waals surface area contributed by atoms with Gasteiger partial charge in [0.05, 0.1) is 6.20 Å². The molecule has 1 heterocycles. The summed E-state index contributed by atoms with van der Waals surface area (Å²) in [7, 11) is 0. The molecule has 0 bridgehead atoms. The van der Waals surface area contributed by atoms with Crippen molar-refractivity contribution in [1.29, 1.82) is 0 Å². The van der Waals surface area contributed by atoms with Crippen LogP contribution in [-0.4, -0.2) is 18.1 Å². The van der Waals surface area contributed by atoms with Gasteiger partial charge in [0.1, 0.15) is 5.82 Å². The van der Waals surface area contributed by atoms with Gasteiger partial charge in [0.15, 0.2) is 0 Å². The monoisotopic (exact) mass is 278 g/mol. The Morgan fingerprint density at radius 2 is 2.05 bits per heavy atom. The predicted molar refractivity (Wildman–Crippen MR) is 81.2 cm³/mol. The SMILES string of the molecule is CC(C)CNCC1CCCCCC1c1cncc(F)c1. The van der Waals surface area contributed by atoms with Crippen molar-refractivity contribution in [1.82, 2.24) is 10.3 Å². The van der Waals surface area contributed by atoms with Gasteiger partial charge in [0, 0.05) is 6.20 Å². The number of aromatic nitrogens is 1. The second-order valence-electron chi connectivity index (χ2n) is 6.49. The minimum Gasteiger partial charge on any atom is -0.316 e. The van der Waals surface area contributed by atoms with Crippen molar-refractivity contribution in [2.75, 3.05) is 13.1 Å². The zero-order valence-corrected chi connectivity index (χ0v) is 12.7. The molecule has 3 heteroatoms. The Bertz CT molecular complexity index is 406. The van der Waals surface area contributed by atoms with Gasteiger partial charge in [0.25, 0.3) is 0 Å². The van der Waals surface area contributed by atoms with Gasteiger partial charge in [0.2, 0.25) is 0 Å². The van der Waals surface area contributed by atoms with E-state index in [0.29, 0.717) is 17.8 Å². The number of nitrogens with zero attached hydrogens (tertiary/aromatic N) is 1. The molecular formula is C17H27FN2. The zero-order chi connectivity index (χ0) is 14.4. The maximum absolute atomic E-state index is 13.4. The Labute approximate surface area is 122 Å². The van der Waals surface area contributed by atoms with E-state index in [-0.39, 0.29) is 5.82 Å². The van der Waals surface area contributed by atoms with E-state index in [4.69, 9.17) is 0 Å². The largest absolute Gasteiger partial charge is 0.316 e. The molecule has 2 rings (SSSR count). The third kappa shape index (κ3) is 4.55. The van der Waals surface area contributed by atoms with Crippen molar-refractivity contribution in [2.45, 2.75) is 51.9 Å². The zero-order valence-electron chi connectivity index (χ0n) is 12.7. The van der Waals surface area contributed by atoms with Crippen LogP contribution in [0.4, 0.5) is 4.39 Å². The van der Waals surface area contributed by atoms with Crippen LogP contribution in [0.25, 0.3) is 0 Å². The first-order valence-corrected chi connectivity index (χ1v) is 7.98.